The first-order valence-corrected chi connectivity index (χ1v) is 7.46. The van der Waals surface area contributed by atoms with Crippen molar-refractivity contribution in [3.05, 3.63) is 57.8 Å². The summed E-state index contributed by atoms with van der Waals surface area (Å²) in [5.41, 5.74) is 4.33. The Hall–Kier alpha value is -1.12. The van der Waals surface area contributed by atoms with Crippen LogP contribution in [0.15, 0.2) is 41.1 Å². The lowest BCUT2D eigenvalue weighted by molar-refractivity contribution is 0.520. The number of hydrogen-bond donors (Lipinski definition) is 1. The van der Waals surface area contributed by atoms with Gasteiger partial charge in [-0.25, -0.2) is 0 Å². The minimum atomic E-state index is 0.569. The van der Waals surface area contributed by atoms with Crippen molar-refractivity contribution in [1.29, 1.82) is 0 Å². The Balaban J connectivity index is 1.89. The molecule has 2 heteroatoms. The lowest BCUT2D eigenvalue weighted by Crippen LogP contribution is -2.28. The van der Waals surface area contributed by atoms with Crippen molar-refractivity contribution in [2.45, 2.75) is 32.2 Å². The number of benzene rings is 1. The molecular weight excluding hydrogens is 238 g/mol. The van der Waals surface area contributed by atoms with Crippen molar-refractivity contribution < 1.29 is 0 Å². The highest BCUT2D eigenvalue weighted by Gasteiger charge is 2.08. The van der Waals surface area contributed by atoms with Crippen molar-refractivity contribution in [3.8, 4) is 0 Å². The maximum Gasteiger partial charge on any atom is 0.0108 e. The molecule has 0 spiro atoms. The van der Waals surface area contributed by atoms with Gasteiger partial charge < -0.3 is 5.32 Å². The first-order valence-electron chi connectivity index (χ1n) is 6.52. The van der Waals surface area contributed by atoms with Crippen LogP contribution in [0.5, 0.6) is 0 Å². The third-order valence-electron chi connectivity index (χ3n) is 3.49. The molecule has 1 N–H and O–H groups in total. The molecule has 2 aromatic rings. The lowest BCUT2D eigenvalue weighted by atomic mass is 9.98. The Morgan fingerprint density at radius 3 is 2.72 bits per heavy atom. The molecule has 0 saturated heterocycles. The summed E-state index contributed by atoms with van der Waals surface area (Å²) >= 11 is 1.78. The predicted molar refractivity (Wildman–Crippen MR) is 80.4 cm³/mol. The molecule has 1 aromatic carbocycles. The summed E-state index contributed by atoms with van der Waals surface area (Å²) in [7, 11) is 2.06. The summed E-state index contributed by atoms with van der Waals surface area (Å²) in [5.74, 6) is 0. The summed E-state index contributed by atoms with van der Waals surface area (Å²) in [6.07, 6.45) is 3.48. The normalized spacial score (nSPS) is 12.6. The summed E-state index contributed by atoms with van der Waals surface area (Å²) in [6, 6.07) is 11.5. The molecule has 0 saturated carbocycles. The Kier molecular flexibility index (Phi) is 4.97. The Bertz CT molecular complexity index is 462. The van der Waals surface area contributed by atoms with Gasteiger partial charge in [0.15, 0.2) is 0 Å². The van der Waals surface area contributed by atoms with E-state index in [4.69, 9.17) is 0 Å². The van der Waals surface area contributed by atoms with Gasteiger partial charge in [-0.1, -0.05) is 24.3 Å². The Labute approximate surface area is 114 Å². The molecule has 0 radical (unpaired) electrons. The van der Waals surface area contributed by atoms with E-state index in [0.29, 0.717) is 6.04 Å². The van der Waals surface area contributed by atoms with Crippen LogP contribution in [0.2, 0.25) is 0 Å². The molecule has 1 nitrogen and oxygen atoms in total. The summed E-state index contributed by atoms with van der Waals surface area (Å²) < 4.78 is 0. The van der Waals surface area contributed by atoms with Gasteiger partial charge in [0.1, 0.15) is 0 Å². The molecular formula is C16H21NS. The predicted octanol–water partition coefficient (Wildman–Crippen LogP) is 3.82. The quantitative estimate of drug-likeness (QED) is 0.831. The van der Waals surface area contributed by atoms with Crippen LogP contribution in [0.1, 0.15) is 23.1 Å². The second kappa shape index (κ2) is 6.72. The van der Waals surface area contributed by atoms with Gasteiger partial charge in [-0.2, -0.15) is 11.3 Å². The number of likely N-dealkylation sites (N-methyl/N-ethyl adjacent to an activating group) is 1. The summed E-state index contributed by atoms with van der Waals surface area (Å²) in [6.45, 7) is 2.20. The van der Waals surface area contributed by atoms with Crippen LogP contribution < -0.4 is 5.32 Å². The SMILES string of the molecule is CNC(CCc1ccccc1C)Cc1ccsc1. The van der Waals surface area contributed by atoms with Crippen LogP contribution in [-0.4, -0.2) is 13.1 Å². The highest BCUT2D eigenvalue weighted by atomic mass is 32.1. The van der Waals surface area contributed by atoms with E-state index in [0.717, 1.165) is 12.8 Å². The number of hydrogen-bond acceptors (Lipinski definition) is 2. The van der Waals surface area contributed by atoms with Crippen molar-refractivity contribution in [2.75, 3.05) is 7.05 Å². The Morgan fingerprint density at radius 2 is 2.06 bits per heavy atom. The van der Waals surface area contributed by atoms with Crippen LogP contribution >= 0.6 is 11.3 Å². The van der Waals surface area contributed by atoms with Gasteiger partial charge in [0, 0.05) is 6.04 Å². The molecule has 0 fully saturated rings. The summed E-state index contributed by atoms with van der Waals surface area (Å²) in [4.78, 5) is 0. The second-order valence-corrected chi connectivity index (χ2v) is 5.57. The van der Waals surface area contributed by atoms with Crippen LogP contribution in [-0.2, 0) is 12.8 Å². The first-order chi connectivity index (χ1) is 8.79. The monoisotopic (exact) mass is 259 g/mol. The largest absolute Gasteiger partial charge is 0.317 e. The number of aryl methyl sites for hydroxylation is 2. The highest BCUT2D eigenvalue weighted by molar-refractivity contribution is 7.07. The van der Waals surface area contributed by atoms with Gasteiger partial charge >= 0.3 is 0 Å². The standard InChI is InChI=1S/C16H21NS/c1-13-5-3-4-6-15(13)7-8-16(17-2)11-14-9-10-18-12-14/h3-6,9-10,12,16-17H,7-8,11H2,1-2H3. The minimum Gasteiger partial charge on any atom is -0.317 e. The van der Waals surface area contributed by atoms with Crippen molar-refractivity contribution in [3.63, 3.8) is 0 Å². The topological polar surface area (TPSA) is 12.0 Å². The highest BCUT2D eigenvalue weighted by Crippen LogP contribution is 2.14. The van der Waals surface area contributed by atoms with Crippen LogP contribution in [0.3, 0.4) is 0 Å². The zero-order valence-electron chi connectivity index (χ0n) is 11.1. The number of nitrogens with one attached hydrogen (secondary N) is 1. The third kappa shape index (κ3) is 3.69. The molecule has 1 atom stereocenters. The van der Waals surface area contributed by atoms with E-state index >= 15 is 0 Å². The molecule has 0 aliphatic heterocycles. The van der Waals surface area contributed by atoms with Gasteiger partial charge in [-0.3, -0.25) is 0 Å². The molecule has 1 unspecified atom stereocenters. The molecule has 0 bridgehead atoms. The average Bonchev–Trinajstić information content (AvgIpc) is 2.89. The van der Waals surface area contributed by atoms with E-state index in [9.17, 15) is 0 Å². The Morgan fingerprint density at radius 1 is 1.22 bits per heavy atom. The lowest BCUT2D eigenvalue weighted by Gasteiger charge is -2.16. The van der Waals surface area contributed by atoms with Crippen LogP contribution in [0.4, 0.5) is 0 Å². The second-order valence-electron chi connectivity index (χ2n) is 4.79. The van der Waals surface area contributed by atoms with Gasteiger partial charge in [-0.15, -0.1) is 0 Å². The molecule has 18 heavy (non-hydrogen) atoms. The smallest absolute Gasteiger partial charge is 0.0108 e. The van der Waals surface area contributed by atoms with Gasteiger partial charge in [0.05, 0.1) is 0 Å². The van der Waals surface area contributed by atoms with Crippen LogP contribution in [0.25, 0.3) is 0 Å². The maximum absolute atomic E-state index is 3.43. The fourth-order valence-corrected chi connectivity index (χ4v) is 2.94. The van der Waals surface area contributed by atoms with Gasteiger partial charge in [-0.05, 0) is 66.8 Å². The first kappa shape index (κ1) is 13.3. The fraction of sp³-hybridized carbons (Fsp3) is 0.375. The molecule has 0 aliphatic rings. The van der Waals surface area contributed by atoms with Crippen LogP contribution in [0, 0.1) is 6.92 Å². The van der Waals surface area contributed by atoms with E-state index in [1.165, 1.54) is 23.1 Å². The van der Waals surface area contributed by atoms with Gasteiger partial charge in [0.25, 0.3) is 0 Å². The molecule has 2 rings (SSSR count). The maximum atomic E-state index is 3.43. The number of rotatable bonds is 6. The summed E-state index contributed by atoms with van der Waals surface area (Å²) in [5, 5.41) is 7.84. The molecule has 1 heterocycles. The zero-order valence-corrected chi connectivity index (χ0v) is 12.0. The molecule has 0 aliphatic carbocycles. The van der Waals surface area contributed by atoms with Crippen molar-refractivity contribution in [1.82, 2.24) is 5.32 Å². The zero-order chi connectivity index (χ0) is 12.8. The van der Waals surface area contributed by atoms with E-state index in [-0.39, 0.29) is 0 Å². The number of thiophene rings is 1. The molecule has 0 amide bonds. The van der Waals surface area contributed by atoms with Gasteiger partial charge in [0.2, 0.25) is 0 Å². The third-order valence-corrected chi connectivity index (χ3v) is 4.23. The molecule has 1 aromatic heterocycles. The minimum absolute atomic E-state index is 0.569. The van der Waals surface area contributed by atoms with Crippen molar-refractivity contribution >= 4 is 11.3 Å². The van der Waals surface area contributed by atoms with Crippen molar-refractivity contribution in [2.24, 2.45) is 0 Å². The average molecular weight is 259 g/mol. The van der Waals surface area contributed by atoms with E-state index in [1.807, 2.05) is 0 Å². The fourth-order valence-electron chi connectivity index (χ4n) is 2.26. The van der Waals surface area contributed by atoms with E-state index < -0.39 is 0 Å². The molecule has 96 valence electrons. The van der Waals surface area contributed by atoms with E-state index in [1.54, 1.807) is 11.3 Å². The van der Waals surface area contributed by atoms with E-state index in [2.05, 4.69) is 60.4 Å².